The molecule has 1 aliphatic carbocycles. The second-order valence-corrected chi connectivity index (χ2v) is 7.91. The lowest BCUT2D eigenvalue weighted by Crippen LogP contribution is -2.49. The van der Waals surface area contributed by atoms with Gasteiger partial charge in [-0.2, -0.15) is 0 Å². The summed E-state index contributed by atoms with van der Waals surface area (Å²) in [6.07, 6.45) is 0.436. The molecule has 0 aromatic heterocycles. The van der Waals surface area contributed by atoms with E-state index >= 15 is 0 Å². The van der Waals surface area contributed by atoms with E-state index in [1.807, 2.05) is 0 Å². The van der Waals surface area contributed by atoms with E-state index < -0.39 is 35.1 Å². The highest BCUT2D eigenvalue weighted by Gasteiger charge is 2.50. The summed E-state index contributed by atoms with van der Waals surface area (Å²) in [7, 11) is 0. The van der Waals surface area contributed by atoms with Gasteiger partial charge in [0.1, 0.15) is 11.5 Å². The van der Waals surface area contributed by atoms with Crippen molar-refractivity contribution in [2.75, 3.05) is 4.90 Å². The molecule has 2 N–H and O–H groups in total. The summed E-state index contributed by atoms with van der Waals surface area (Å²) < 4.78 is 0. The van der Waals surface area contributed by atoms with Crippen molar-refractivity contribution in [1.82, 2.24) is 0 Å². The monoisotopic (exact) mass is 423 g/mol. The maximum atomic E-state index is 13.3. The number of para-hydroxylation sites is 1. The lowest BCUT2D eigenvalue weighted by molar-refractivity contribution is -0.149. The van der Waals surface area contributed by atoms with Crippen molar-refractivity contribution in [2.45, 2.75) is 38.6 Å². The Balaban J connectivity index is 1.83. The first-order valence-electron chi connectivity index (χ1n) is 10.2. The molecule has 0 saturated heterocycles. The first-order valence-corrected chi connectivity index (χ1v) is 10.2. The third-order valence-corrected chi connectivity index (χ3v) is 6.08. The molecule has 0 bridgehead atoms. The molecule has 1 atom stereocenters. The van der Waals surface area contributed by atoms with Gasteiger partial charge in [0, 0.05) is 17.2 Å². The van der Waals surface area contributed by atoms with Gasteiger partial charge < -0.3 is 10.2 Å². The third-order valence-electron chi connectivity index (χ3n) is 6.08. The number of carboxylic acid groups (broad SMARTS) is 2. The van der Waals surface area contributed by atoms with E-state index in [1.54, 1.807) is 60.7 Å². The molecule has 1 saturated carbocycles. The van der Waals surface area contributed by atoms with Crippen LogP contribution in [0.5, 0.6) is 0 Å². The van der Waals surface area contributed by atoms with Crippen LogP contribution >= 0.6 is 0 Å². The topological polar surface area (TPSA) is 112 Å². The van der Waals surface area contributed by atoms with Gasteiger partial charge in [0.25, 0.3) is 0 Å². The molecule has 1 aliphatic rings. The van der Waals surface area contributed by atoms with E-state index in [-0.39, 0.29) is 31.6 Å². The zero-order valence-electron chi connectivity index (χ0n) is 17.2. The third kappa shape index (κ3) is 4.35. The molecule has 31 heavy (non-hydrogen) atoms. The second kappa shape index (κ2) is 9.12. The van der Waals surface area contributed by atoms with Crippen LogP contribution < -0.4 is 4.90 Å². The zero-order valence-corrected chi connectivity index (χ0v) is 17.2. The largest absolute Gasteiger partial charge is 0.480 e. The van der Waals surface area contributed by atoms with Crippen LogP contribution in [0.25, 0.3) is 0 Å². The molecule has 1 amide bonds. The van der Waals surface area contributed by atoms with Gasteiger partial charge in [-0.3, -0.25) is 19.3 Å². The summed E-state index contributed by atoms with van der Waals surface area (Å²) >= 11 is 0. The van der Waals surface area contributed by atoms with Gasteiger partial charge in [0.2, 0.25) is 5.91 Å². The Bertz CT molecular complexity index is 964. The molecule has 0 spiro atoms. The molecule has 7 nitrogen and oxygen atoms in total. The highest BCUT2D eigenvalue weighted by molar-refractivity contribution is 6.12. The average molecular weight is 423 g/mol. The number of carbonyl (C=O) groups excluding carboxylic acids is 2. The number of Topliss-reactive ketones (excluding diaryl/α,β-unsaturated/α-hetero) is 1. The number of nitrogens with zero attached hydrogens (tertiary/aromatic N) is 1. The summed E-state index contributed by atoms with van der Waals surface area (Å²) in [5.74, 6) is -3.70. The lowest BCUT2D eigenvalue weighted by Gasteiger charge is -2.37. The fourth-order valence-corrected chi connectivity index (χ4v) is 4.20. The predicted molar refractivity (Wildman–Crippen MR) is 114 cm³/mol. The van der Waals surface area contributed by atoms with Gasteiger partial charge in [-0.15, -0.1) is 0 Å². The van der Waals surface area contributed by atoms with E-state index in [1.165, 1.54) is 11.8 Å². The van der Waals surface area contributed by atoms with Crippen LogP contribution in [0.3, 0.4) is 0 Å². The smallest absolute Gasteiger partial charge is 0.326 e. The van der Waals surface area contributed by atoms with E-state index in [0.29, 0.717) is 11.3 Å². The lowest BCUT2D eigenvalue weighted by atomic mass is 9.66. The molecule has 7 heteroatoms. The Hall–Kier alpha value is -3.48. The number of hydrogen-bond donors (Lipinski definition) is 2. The molecule has 0 radical (unpaired) electrons. The molecule has 2 aromatic rings. The predicted octanol–water partition coefficient (Wildman–Crippen LogP) is 3.64. The van der Waals surface area contributed by atoms with Crippen molar-refractivity contribution >= 4 is 29.3 Å². The second-order valence-electron chi connectivity index (χ2n) is 7.91. The minimum atomic E-state index is -1.58. The van der Waals surface area contributed by atoms with E-state index in [0.717, 1.165) is 0 Å². The molecule has 162 valence electrons. The van der Waals surface area contributed by atoms with Crippen LogP contribution in [-0.2, 0) is 14.4 Å². The van der Waals surface area contributed by atoms with Crippen molar-refractivity contribution in [2.24, 2.45) is 11.3 Å². The Morgan fingerprint density at radius 2 is 1.42 bits per heavy atom. The van der Waals surface area contributed by atoms with Crippen molar-refractivity contribution in [3.05, 3.63) is 66.2 Å². The van der Waals surface area contributed by atoms with Crippen LogP contribution in [0.1, 0.15) is 43.0 Å². The van der Waals surface area contributed by atoms with Crippen LogP contribution in [0.2, 0.25) is 0 Å². The maximum absolute atomic E-state index is 13.3. The summed E-state index contributed by atoms with van der Waals surface area (Å²) in [5, 5.41) is 19.4. The highest BCUT2D eigenvalue weighted by atomic mass is 16.4. The minimum Gasteiger partial charge on any atom is -0.480 e. The quantitative estimate of drug-likeness (QED) is 0.519. The van der Waals surface area contributed by atoms with E-state index in [2.05, 4.69) is 0 Å². The van der Waals surface area contributed by atoms with Crippen LogP contribution in [-0.4, -0.2) is 39.9 Å². The Labute approximate surface area is 180 Å². The minimum absolute atomic E-state index is 0.0244. The number of hydrogen-bond acceptors (Lipinski definition) is 4. The molecular weight excluding hydrogens is 398 g/mol. The molecule has 0 aliphatic heterocycles. The van der Waals surface area contributed by atoms with Gasteiger partial charge in [-0.25, -0.2) is 4.79 Å². The number of rotatable bonds is 7. The van der Waals surface area contributed by atoms with Gasteiger partial charge in [-0.1, -0.05) is 48.5 Å². The van der Waals surface area contributed by atoms with Gasteiger partial charge >= 0.3 is 11.9 Å². The van der Waals surface area contributed by atoms with Gasteiger partial charge in [0.05, 0.1) is 0 Å². The molecular formula is C24H25NO6. The summed E-state index contributed by atoms with van der Waals surface area (Å²) in [6.45, 7) is 1.44. The number of benzene rings is 2. The first kappa shape index (κ1) is 22.2. The number of ketones is 1. The first-order chi connectivity index (χ1) is 14.8. The van der Waals surface area contributed by atoms with Crippen molar-refractivity contribution in [3.63, 3.8) is 0 Å². The van der Waals surface area contributed by atoms with Gasteiger partial charge in [-0.05, 0) is 44.7 Å². The number of aliphatic carboxylic acids is 2. The molecule has 2 aromatic carbocycles. The van der Waals surface area contributed by atoms with Crippen molar-refractivity contribution < 1.29 is 29.4 Å². The van der Waals surface area contributed by atoms with E-state index in [9.17, 15) is 29.4 Å². The van der Waals surface area contributed by atoms with E-state index in [4.69, 9.17) is 0 Å². The van der Waals surface area contributed by atoms with Crippen LogP contribution in [0.15, 0.2) is 60.7 Å². The number of carboxylic acids is 2. The summed E-state index contributed by atoms with van der Waals surface area (Å²) in [5.41, 5.74) is -0.772. The molecule has 1 fully saturated rings. The summed E-state index contributed by atoms with van der Waals surface area (Å²) in [6, 6.07) is 15.8. The van der Waals surface area contributed by atoms with Gasteiger partial charge in [0.15, 0.2) is 5.78 Å². The van der Waals surface area contributed by atoms with Crippen molar-refractivity contribution in [1.29, 1.82) is 0 Å². The molecule has 0 unspecified atom stereocenters. The number of carbonyl (C=O) groups is 4. The fraction of sp³-hybridized carbons (Fsp3) is 0.333. The fourth-order valence-electron chi connectivity index (χ4n) is 4.20. The van der Waals surface area contributed by atoms with Crippen molar-refractivity contribution in [3.8, 4) is 0 Å². The standard InChI is InChI=1S/C24H25NO6/c1-16(22(28)29)25(19-10-6-3-7-11-19)21(27)18-12-14-24(15-13-18,23(30)31)20(26)17-8-4-2-5-9-17/h2-11,16,18H,12-15H2,1H3,(H,28,29)(H,30,31)/t16-,18-,24-/m0/s1. The Morgan fingerprint density at radius 3 is 1.90 bits per heavy atom. The molecule has 0 heterocycles. The number of anilines is 1. The average Bonchev–Trinajstić information content (AvgIpc) is 2.79. The SMILES string of the molecule is C[C@@H](C(=O)O)N(c1ccccc1)C(=O)[C@H]1CC[C@@](C(=O)O)(C(=O)c2ccccc2)CC1. The van der Waals surface area contributed by atoms with Crippen LogP contribution in [0, 0.1) is 11.3 Å². The highest BCUT2D eigenvalue weighted by Crippen LogP contribution is 2.43. The zero-order chi connectivity index (χ0) is 22.6. The Morgan fingerprint density at radius 1 is 0.903 bits per heavy atom. The summed E-state index contributed by atoms with van der Waals surface area (Å²) in [4.78, 5) is 51.3. The number of amides is 1. The maximum Gasteiger partial charge on any atom is 0.326 e. The Kier molecular flexibility index (Phi) is 6.53. The normalized spacial score (nSPS) is 21.6. The van der Waals surface area contributed by atoms with Crippen LogP contribution in [0.4, 0.5) is 5.69 Å². The molecule has 3 rings (SSSR count).